The van der Waals surface area contributed by atoms with Crippen LogP contribution < -0.4 is 5.32 Å². The molecule has 27 heavy (non-hydrogen) atoms. The fraction of sp³-hybridized carbons (Fsp3) is 0.278. The Morgan fingerprint density at radius 1 is 1.11 bits per heavy atom. The summed E-state index contributed by atoms with van der Waals surface area (Å²) in [5.74, 6) is -0.112. The number of anilines is 1. The minimum Gasteiger partial charge on any atom is -0.402 e. The maximum atomic E-state index is 12.6. The zero-order chi connectivity index (χ0) is 18.9. The average Bonchev–Trinajstić information content (AvgIpc) is 3.42. The normalized spacial score (nSPS) is 15.1. The highest BCUT2D eigenvalue weighted by atomic mass is 32.2. The lowest BCUT2D eigenvalue weighted by atomic mass is 10.2. The molecule has 1 aromatic carbocycles. The number of nitrogens with one attached hydrogen (secondary N) is 1. The highest BCUT2D eigenvalue weighted by molar-refractivity contribution is 7.92. The zero-order valence-corrected chi connectivity index (χ0v) is 15.9. The molecule has 0 radical (unpaired) electrons. The summed E-state index contributed by atoms with van der Waals surface area (Å²) in [4.78, 5) is 13.4. The van der Waals surface area contributed by atoms with E-state index in [1.807, 2.05) is 17.5 Å². The fourth-order valence-electron chi connectivity index (χ4n) is 3.13. The maximum absolute atomic E-state index is 12.6. The first-order chi connectivity index (χ1) is 13.0. The number of carbonyl (C=O) groups excluding carboxylic acids is 1. The summed E-state index contributed by atoms with van der Waals surface area (Å²) in [6, 6.07) is 9.64. The molecule has 3 aromatic rings. The molecule has 0 atom stereocenters. The number of hydrogen-bond donors (Lipinski definition) is 1. The number of sulfone groups is 1. The third-order valence-electron chi connectivity index (χ3n) is 4.56. The number of amides is 1. The summed E-state index contributed by atoms with van der Waals surface area (Å²) in [6.07, 6.45) is 3.30. The van der Waals surface area contributed by atoms with Crippen LogP contribution in [0.25, 0.3) is 10.8 Å². The summed E-state index contributed by atoms with van der Waals surface area (Å²) in [6.45, 7) is 0. The Labute approximate surface area is 160 Å². The number of carbonyl (C=O) groups is 1. The number of benzene rings is 1. The van der Waals surface area contributed by atoms with Crippen LogP contribution in [0.5, 0.6) is 0 Å². The van der Waals surface area contributed by atoms with E-state index in [1.54, 1.807) is 0 Å². The molecule has 1 N–H and O–H groups in total. The minimum absolute atomic E-state index is 0.00828. The Balaban J connectivity index is 1.46. The molecule has 2 heterocycles. The quantitative estimate of drug-likeness (QED) is 0.696. The van der Waals surface area contributed by atoms with Gasteiger partial charge in [-0.3, -0.25) is 10.1 Å². The number of thiophene rings is 1. The molecule has 2 aromatic heterocycles. The number of hydrogen-bond acceptors (Lipinski definition) is 7. The van der Waals surface area contributed by atoms with Crippen LogP contribution in [0.2, 0.25) is 0 Å². The van der Waals surface area contributed by atoms with Crippen LogP contribution in [0.4, 0.5) is 6.01 Å². The van der Waals surface area contributed by atoms with Crippen LogP contribution in [0.1, 0.15) is 36.0 Å². The summed E-state index contributed by atoms with van der Waals surface area (Å²) in [7, 11) is -3.33. The van der Waals surface area contributed by atoms with E-state index >= 15 is 0 Å². The van der Waals surface area contributed by atoms with Gasteiger partial charge in [-0.15, -0.1) is 16.4 Å². The lowest BCUT2D eigenvalue weighted by Gasteiger charge is -2.11. The van der Waals surface area contributed by atoms with Gasteiger partial charge in [-0.05, 0) is 48.6 Å². The highest BCUT2D eigenvalue weighted by Gasteiger charge is 2.30. The van der Waals surface area contributed by atoms with Crippen molar-refractivity contribution in [2.24, 2.45) is 0 Å². The monoisotopic (exact) mass is 403 g/mol. The van der Waals surface area contributed by atoms with Crippen LogP contribution in [-0.2, 0) is 9.84 Å². The summed E-state index contributed by atoms with van der Waals surface area (Å²) in [5, 5.41) is 11.8. The third-order valence-corrected chi connectivity index (χ3v) is 7.70. The van der Waals surface area contributed by atoms with E-state index in [0.717, 1.165) is 17.7 Å². The Morgan fingerprint density at radius 3 is 2.52 bits per heavy atom. The van der Waals surface area contributed by atoms with Crippen molar-refractivity contribution in [2.45, 2.75) is 35.8 Å². The van der Waals surface area contributed by atoms with Gasteiger partial charge in [0.15, 0.2) is 9.84 Å². The van der Waals surface area contributed by atoms with Crippen LogP contribution in [0.15, 0.2) is 51.1 Å². The van der Waals surface area contributed by atoms with Crippen LogP contribution >= 0.6 is 11.3 Å². The first-order valence-corrected chi connectivity index (χ1v) is 11.0. The first kappa shape index (κ1) is 17.9. The van der Waals surface area contributed by atoms with Crippen molar-refractivity contribution < 1.29 is 17.6 Å². The molecule has 0 bridgehead atoms. The number of nitrogens with zero attached hydrogens (tertiary/aromatic N) is 2. The molecule has 1 aliphatic carbocycles. The Kier molecular flexibility index (Phi) is 4.79. The lowest BCUT2D eigenvalue weighted by Crippen LogP contribution is -2.18. The van der Waals surface area contributed by atoms with E-state index in [-0.39, 0.29) is 16.2 Å². The van der Waals surface area contributed by atoms with Gasteiger partial charge in [0.1, 0.15) is 0 Å². The van der Waals surface area contributed by atoms with Gasteiger partial charge in [-0.2, -0.15) is 0 Å². The van der Waals surface area contributed by atoms with E-state index in [2.05, 4.69) is 15.5 Å². The molecule has 7 nitrogen and oxygen atoms in total. The van der Waals surface area contributed by atoms with E-state index < -0.39 is 15.7 Å². The Hall–Kier alpha value is -2.52. The second kappa shape index (κ2) is 7.24. The zero-order valence-electron chi connectivity index (χ0n) is 14.3. The predicted molar refractivity (Wildman–Crippen MR) is 101 cm³/mol. The summed E-state index contributed by atoms with van der Waals surface area (Å²) < 4.78 is 30.6. The fourth-order valence-corrected chi connectivity index (χ4v) is 5.63. The van der Waals surface area contributed by atoms with Crippen LogP contribution in [0.3, 0.4) is 0 Å². The molecule has 140 valence electrons. The molecule has 9 heteroatoms. The van der Waals surface area contributed by atoms with Gasteiger partial charge in [0.2, 0.25) is 0 Å². The second-order valence-electron chi connectivity index (χ2n) is 6.32. The maximum Gasteiger partial charge on any atom is 0.322 e. The van der Waals surface area contributed by atoms with Gasteiger partial charge in [0.25, 0.3) is 11.8 Å². The smallest absolute Gasteiger partial charge is 0.322 e. The Morgan fingerprint density at radius 2 is 1.85 bits per heavy atom. The standard InChI is InChI=1S/C18H17N3O4S2/c22-16(19-18-21-20-17(25-18)15-6-3-11-26-15)12-7-9-14(10-8-12)27(23,24)13-4-1-2-5-13/h3,6-11,13H,1-2,4-5H2,(H,19,21,22). The topological polar surface area (TPSA) is 102 Å². The van der Waals surface area contributed by atoms with Crippen molar-refractivity contribution >= 4 is 33.1 Å². The second-order valence-corrected chi connectivity index (χ2v) is 9.50. The minimum atomic E-state index is -3.33. The van der Waals surface area contributed by atoms with Crippen molar-refractivity contribution in [3.05, 3.63) is 47.3 Å². The number of aromatic nitrogens is 2. The van der Waals surface area contributed by atoms with Crippen molar-refractivity contribution in [3.8, 4) is 10.8 Å². The van der Waals surface area contributed by atoms with Gasteiger partial charge < -0.3 is 4.42 Å². The lowest BCUT2D eigenvalue weighted by molar-refractivity contribution is 0.102. The van der Waals surface area contributed by atoms with Gasteiger partial charge in [-0.25, -0.2) is 8.42 Å². The molecular weight excluding hydrogens is 386 g/mol. The predicted octanol–water partition coefficient (Wildman–Crippen LogP) is 3.77. The van der Waals surface area contributed by atoms with Gasteiger partial charge in [0.05, 0.1) is 15.0 Å². The molecule has 0 unspecified atom stereocenters. The highest BCUT2D eigenvalue weighted by Crippen LogP contribution is 2.30. The molecule has 4 rings (SSSR count). The SMILES string of the molecule is O=C(Nc1nnc(-c2cccs2)o1)c1ccc(S(=O)(=O)C2CCCC2)cc1. The van der Waals surface area contributed by atoms with Gasteiger partial charge in [-0.1, -0.05) is 24.0 Å². The summed E-state index contributed by atoms with van der Waals surface area (Å²) in [5.41, 5.74) is 0.316. The van der Waals surface area contributed by atoms with Crippen molar-refractivity contribution in [2.75, 3.05) is 5.32 Å². The van der Waals surface area contributed by atoms with E-state index in [0.29, 0.717) is 24.3 Å². The molecule has 0 spiro atoms. The van der Waals surface area contributed by atoms with Crippen molar-refractivity contribution in [3.63, 3.8) is 0 Å². The van der Waals surface area contributed by atoms with Crippen LogP contribution in [0, 0.1) is 0 Å². The molecule has 0 aliphatic heterocycles. The number of rotatable bonds is 5. The van der Waals surface area contributed by atoms with Crippen molar-refractivity contribution in [1.82, 2.24) is 10.2 Å². The largest absolute Gasteiger partial charge is 0.402 e. The molecule has 1 aliphatic rings. The molecule has 1 saturated carbocycles. The summed E-state index contributed by atoms with van der Waals surface area (Å²) >= 11 is 1.45. The first-order valence-electron chi connectivity index (χ1n) is 8.57. The van der Waals surface area contributed by atoms with E-state index in [9.17, 15) is 13.2 Å². The molecule has 1 amide bonds. The third kappa shape index (κ3) is 3.65. The van der Waals surface area contributed by atoms with Crippen LogP contribution in [-0.4, -0.2) is 29.8 Å². The van der Waals surface area contributed by atoms with Gasteiger partial charge >= 0.3 is 6.01 Å². The van der Waals surface area contributed by atoms with E-state index in [1.165, 1.54) is 35.6 Å². The molecule has 0 saturated heterocycles. The van der Waals surface area contributed by atoms with Gasteiger partial charge in [0, 0.05) is 5.56 Å². The molecular formula is C18H17N3O4S2. The van der Waals surface area contributed by atoms with E-state index in [4.69, 9.17) is 4.42 Å². The average molecular weight is 403 g/mol. The van der Waals surface area contributed by atoms with Crippen molar-refractivity contribution in [1.29, 1.82) is 0 Å². The molecule has 1 fully saturated rings. The Bertz CT molecular complexity index is 1030.